The molecule has 1 heterocycles. The number of carbonyl (C=O) groups excluding carboxylic acids is 1. The summed E-state index contributed by atoms with van der Waals surface area (Å²) in [5.74, 6) is 0.256. The van der Waals surface area contributed by atoms with Crippen LogP contribution in [0.15, 0.2) is 24.8 Å². The van der Waals surface area contributed by atoms with Crippen LogP contribution in [0.1, 0.15) is 26.2 Å². The van der Waals surface area contributed by atoms with Crippen LogP contribution in [-0.4, -0.2) is 41.5 Å². The van der Waals surface area contributed by atoms with Crippen molar-refractivity contribution in [2.75, 3.05) is 13.6 Å². The first-order valence-corrected chi connectivity index (χ1v) is 6.26. The Balaban J connectivity index is 2.59. The molecular formula is C14H23NO2. The number of Topliss-reactive ketones (excluding diaryl/α,β-unsaturated/α-hetero) is 1. The first kappa shape index (κ1) is 14.1. The molecule has 0 aromatic carbocycles. The molecule has 17 heavy (non-hydrogen) atoms. The van der Waals surface area contributed by atoms with Gasteiger partial charge in [0.25, 0.3) is 0 Å². The van der Waals surface area contributed by atoms with E-state index >= 15 is 0 Å². The molecule has 1 fully saturated rings. The van der Waals surface area contributed by atoms with Gasteiger partial charge in [-0.05, 0) is 32.4 Å². The van der Waals surface area contributed by atoms with Gasteiger partial charge in [0.2, 0.25) is 0 Å². The van der Waals surface area contributed by atoms with Crippen molar-refractivity contribution in [3.05, 3.63) is 24.8 Å². The van der Waals surface area contributed by atoms with Crippen LogP contribution in [0, 0.1) is 5.92 Å². The average Bonchev–Trinajstić information content (AvgIpc) is 2.28. The largest absolute Gasteiger partial charge is 0.391 e. The lowest BCUT2D eigenvalue weighted by molar-refractivity contribution is -0.132. The Morgan fingerprint density at radius 3 is 2.94 bits per heavy atom. The van der Waals surface area contributed by atoms with Crippen LogP contribution in [-0.2, 0) is 4.79 Å². The summed E-state index contributed by atoms with van der Waals surface area (Å²) in [4.78, 5) is 13.8. The number of aliphatic hydroxyl groups is 1. The Hall–Kier alpha value is -0.930. The number of allylic oxidation sites excluding steroid dienone is 3. The van der Waals surface area contributed by atoms with E-state index in [9.17, 15) is 9.90 Å². The third-order valence-corrected chi connectivity index (χ3v) is 3.43. The van der Waals surface area contributed by atoms with E-state index in [2.05, 4.69) is 6.58 Å². The first-order chi connectivity index (χ1) is 8.07. The maximum absolute atomic E-state index is 11.8. The Morgan fingerprint density at radius 2 is 2.35 bits per heavy atom. The molecule has 1 N–H and O–H groups in total. The highest BCUT2D eigenvalue weighted by Gasteiger charge is 2.35. The lowest BCUT2D eigenvalue weighted by atomic mass is 9.88. The molecule has 0 amide bonds. The van der Waals surface area contributed by atoms with Gasteiger partial charge in [0.15, 0.2) is 5.78 Å². The molecule has 3 heteroatoms. The predicted molar refractivity (Wildman–Crippen MR) is 69.8 cm³/mol. The van der Waals surface area contributed by atoms with Gasteiger partial charge in [-0.2, -0.15) is 0 Å². The lowest BCUT2D eigenvalue weighted by Crippen LogP contribution is -2.52. The van der Waals surface area contributed by atoms with Gasteiger partial charge >= 0.3 is 0 Å². The number of rotatable bonds is 5. The molecule has 0 aromatic rings. The zero-order valence-electron chi connectivity index (χ0n) is 10.8. The van der Waals surface area contributed by atoms with Crippen LogP contribution >= 0.6 is 0 Å². The maximum atomic E-state index is 11.8. The molecule has 0 radical (unpaired) electrons. The van der Waals surface area contributed by atoms with Crippen LogP contribution in [0.4, 0.5) is 0 Å². The van der Waals surface area contributed by atoms with Crippen molar-refractivity contribution >= 4 is 5.78 Å². The summed E-state index contributed by atoms with van der Waals surface area (Å²) < 4.78 is 0. The summed E-state index contributed by atoms with van der Waals surface area (Å²) in [6.07, 6.45) is 7.26. The highest BCUT2D eigenvalue weighted by molar-refractivity contribution is 5.85. The molecule has 0 aliphatic carbocycles. The van der Waals surface area contributed by atoms with Gasteiger partial charge in [0, 0.05) is 6.42 Å². The fourth-order valence-electron chi connectivity index (χ4n) is 2.33. The summed E-state index contributed by atoms with van der Waals surface area (Å²) in [5, 5.41) is 10.3. The van der Waals surface area contributed by atoms with E-state index in [0.717, 1.165) is 19.4 Å². The number of piperidine rings is 1. The van der Waals surface area contributed by atoms with Crippen molar-refractivity contribution in [3.8, 4) is 0 Å². The van der Waals surface area contributed by atoms with Gasteiger partial charge in [0.05, 0.1) is 12.1 Å². The van der Waals surface area contributed by atoms with Gasteiger partial charge in [-0.15, -0.1) is 0 Å². The smallest absolute Gasteiger partial charge is 0.152 e. The van der Waals surface area contributed by atoms with Crippen LogP contribution in [0.5, 0.6) is 0 Å². The molecule has 0 spiro atoms. The number of hydrogen-bond acceptors (Lipinski definition) is 3. The third kappa shape index (κ3) is 3.79. The normalized spacial score (nSPS) is 26.1. The van der Waals surface area contributed by atoms with Crippen molar-refractivity contribution in [3.63, 3.8) is 0 Å². The molecule has 0 aromatic heterocycles. The maximum Gasteiger partial charge on any atom is 0.152 e. The Bertz CT molecular complexity index is 299. The minimum absolute atomic E-state index is 0.0840. The van der Waals surface area contributed by atoms with E-state index in [4.69, 9.17) is 0 Å². The molecule has 0 unspecified atom stereocenters. The number of ketones is 1. The molecule has 1 aliphatic heterocycles. The summed E-state index contributed by atoms with van der Waals surface area (Å²) in [6, 6.07) is -0.323. The average molecular weight is 237 g/mol. The number of nitrogens with zero attached hydrogens (tertiary/aromatic N) is 1. The van der Waals surface area contributed by atoms with Gasteiger partial charge in [0.1, 0.15) is 0 Å². The second-order valence-corrected chi connectivity index (χ2v) is 4.86. The fourth-order valence-corrected chi connectivity index (χ4v) is 2.33. The molecule has 1 aliphatic rings. The topological polar surface area (TPSA) is 40.5 Å². The van der Waals surface area contributed by atoms with E-state index in [1.165, 1.54) is 0 Å². The molecule has 0 bridgehead atoms. The number of carbonyl (C=O) groups is 1. The Morgan fingerprint density at radius 1 is 1.65 bits per heavy atom. The van der Waals surface area contributed by atoms with E-state index < -0.39 is 6.10 Å². The minimum Gasteiger partial charge on any atom is -0.391 e. The van der Waals surface area contributed by atoms with E-state index in [-0.39, 0.29) is 17.7 Å². The summed E-state index contributed by atoms with van der Waals surface area (Å²) in [7, 11) is 1.91. The van der Waals surface area contributed by atoms with Gasteiger partial charge in [-0.25, -0.2) is 0 Å². The first-order valence-electron chi connectivity index (χ1n) is 6.26. The minimum atomic E-state index is -0.581. The summed E-state index contributed by atoms with van der Waals surface area (Å²) in [5.41, 5.74) is 0. The zero-order chi connectivity index (χ0) is 12.8. The lowest BCUT2D eigenvalue weighted by Gasteiger charge is -2.36. The van der Waals surface area contributed by atoms with Gasteiger partial charge in [-0.1, -0.05) is 31.7 Å². The molecule has 0 saturated carbocycles. The van der Waals surface area contributed by atoms with E-state index in [1.54, 1.807) is 6.08 Å². The number of hydrogen-bond donors (Lipinski definition) is 1. The van der Waals surface area contributed by atoms with Crippen LogP contribution in [0.3, 0.4) is 0 Å². The van der Waals surface area contributed by atoms with Crippen molar-refractivity contribution in [2.45, 2.75) is 38.3 Å². The van der Waals surface area contributed by atoms with Gasteiger partial charge in [-0.3, -0.25) is 9.69 Å². The summed E-state index contributed by atoms with van der Waals surface area (Å²) in [6.45, 7) is 6.48. The number of aliphatic hydroxyl groups excluding tert-OH is 1. The van der Waals surface area contributed by atoms with Crippen LogP contribution in [0.2, 0.25) is 0 Å². The highest BCUT2D eigenvalue weighted by atomic mass is 16.3. The SMILES string of the molecule is C=C/C=C\C[C@@H](C)[C@@H](O)[C@H]1C(=O)CCCN1C. The molecule has 3 atom stereocenters. The van der Waals surface area contributed by atoms with E-state index in [0.29, 0.717) is 6.42 Å². The molecule has 96 valence electrons. The van der Waals surface area contributed by atoms with Crippen molar-refractivity contribution in [1.82, 2.24) is 4.90 Å². The molecule has 3 nitrogen and oxygen atoms in total. The number of likely N-dealkylation sites (tertiary alicyclic amines) is 1. The molecule has 1 saturated heterocycles. The Labute approximate surface area is 104 Å². The fraction of sp³-hybridized carbons (Fsp3) is 0.643. The quantitative estimate of drug-likeness (QED) is 0.741. The highest BCUT2D eigenvalue weighted by Crippen LogP contribution is 2.21. The second-order valence-electron chi connectivity index (χ2n) is 4.86. The third-order valence-electron chi connectivity index (χ3n) is 3.43. The van der Waals surface area contributed by atoms with Crippen LogP contribution < -0.4 is 0 Å². The zero-order valence-corrected chi connectivity index (χ0v) is 10.8. The predicted octanol–water partition coefficient (Wildman–Crippen LogP) is 1.78. The summed E-state index contributed by atoms with van der Waals surface area (Å²) >= 11 is 0. The standard InChI is InChI=1S/C14H23NO2/c1-4-5-6-8-11(2)14(17)13-12(16)9-7-10-15(13)3/h4-6,11,13-14,17H,1,7-10H2,2-3H3/b6-5-/t11-,13-,14-/m1/s1. The van der Waals surface area contributed by atoms with E-state index in [1.807, 2.05) is 31.0 Å². The molecular weight excluding hydrogens is 214 g/mol. The number of likely N-dealkylation sites (N-methyl/N-ethyl adjacent to an activating group) is 1. The van der Waals surface area contributed by atoms with Gasteiger partial charge < -0.3 is 5.11 Å². The van der Waals surface area contributed by atoms with Crippen molar-refractivity contribution < 1.29 is 9.90 Å². The second kappa shape index (κ2) is 6.72. The van der Waals surface area contributed by atoms with Crippen molar-refractivity contribution in [2.24, 2.45) is 5.92 Å². The molecule has 1 rings (SSSR count). The van der Waals surface area contributed by atoms with Crippen molar-refractivity contribution in [1.29, 1.82) is 0 Å². The Kier molecular flexibility index (Phi) is 5.59. The van der Waals surface area contributed by atoms with Crippen LogP contribution in [0.25, 0.3) is 0 Å². The monoisotopic (exact) mass is 237 g/mol.